The molecule has 3 rings (SSSR count). The second-order valence-electron chi connectivity index (χ2n) is 6.43. The van der Waals surface area contributed by atoms with Gasteiger partial charge in [-0.15, -0.1) is 0 Å². The summed E-state index contributed by atoms with van der Waals surface area (Å²) >= 11 is 11.7. The number of pyridine rings is 1. The van der Waals surface area contributed by atoms with Crippen LogP contribution in [-0.2, 0) is 9.59 Å². The van der Waals surface area contributed by atoms with E-state index in [4.69, 9.17) is 48.4 Å². The third-order valence-corrected chi connectivity index (χ3v) is 5.26. The fourth-order valence-electron chi connectivity index (χ4n) is 2.67. The molecule has 0 radical (unpaired) electrons. The van der Waals surface area contributed by atoms with Gasteiger partial charge in [0.1, 0.15) is 11.1 Å². The Balaban J connectivity index is 0.000000492. The van der Waals surface area contributed by atoms with Crippen LogP contribution in [0, 0.1) is 6.92 Å². The zero-order chi connectivity index (χ0) is 20.1. The first kappa shape index (κ1) is 24.0. The highest BCUT2D eigenvalue weighted by Crippen LogP contribution is 2.28. The van der Waals surface area contributed by atoms with Crippen molar-refractivity contribution in [3.05, 3.63) is 22.3 Å². The number of ether oxygens (including phenoxy) is 1. The minimum absolute atomic E-state index is 0. The summed E-state index contributed by atoms with van der Waals surface area (Å²) in [5.41, 5.74) is 1.61. The maximum atomic E-state index is 9.10. The molecule has 0 saturated carbocycles. The van der Waals surface area contributed by atoms with E-state index in [1.807, 2.05) is 20.0 Å². The van der Waals surface area contributed by atoms with Crippen molar-refractivity contribution in [1.29, 1.82) is 0 Å². The summed E-state index contributed by atoms with van der Waals surface area (Å²) in [5.74, 6) is -3.02. The van der Waals surface area contributed by atoms with Gasteiger partial charge >= 0.3 is 11.9 Å². The molecule has 1 aromatic rings. The van der Waals surface area contributed by atoms with Crippen LogP contribution < -0.4 is 4.74 Å². The largest absolute Gasteiger partial charge is 0.473 e. The molecule has 1 atom stereocenters. The minimum Gasteiger partial charge on any atom is -0.473 e. The first-order valence-electron chi connectivity index (χ1n) is 8.47. The minimum atomic E-state index is -1.82. The number of fused-ring (bicyclic) bond motifs is 1. The second kappa shape index (κ2) is 10.5. The van der Waals surface area contributed by atoms with Gasteiger partial charge in [-0.3, -0.25) is 0 Å². The van der Waals surface area contributed by atoms with Crippen molar-refractivity contribution in [2.75, 3.05) is 33.2 Å². The molecule has 4 N–H and O–H groups in total. The monoisotopic (exact) mass is 433 g/mol. The molecule has 3 heterocycles. The number of thiocarbonyl (C=S) groups is 1. The number of halogens is 1. The maximum Gasteiger partial charge on any atom is 0.414 e. The van der Waals surface area contributed by atoms with Gasteiger partial charge < -0.3 is 30.2 Å². The quantitative estimate of drug-likeness (QED) is 0.524. The van der Waals surface area contributed by atoms with E-state index in [2.05, 4.69) is 14.8 Å². The number of carboxylic acids is 2. The number of rotatable bonds is 3. The Hall–Kier alpha value is -2.01. The van der Waals surface area contributed by atoms with Gasteiger partial charge in [0.2, 0.25) is 5.88 Å². The molecular weight excluding hydrogens is 410 g/mol. The van der Waals surface area contributed by atoms with Gasteiger partial charge in [-0.1, -0.05) is 23.8 Å². The van der Waals surface area contributed by atoms with E-state index >= 15 is 0 Å². The highest BCUT2D eigenvalue weighted by atomic mass is 35.5. The molecule has 28 heavy (non-hydrogen) atoms. The van der Waals surface area contributed by atoms with Crippen LogP contribution in [-0.4, -0.2) is 86.7 Å². The van der Waals surface area contributed by atoms with E-state index < -0.39 is 11.9 Å². The molecule has 0 amide bonds. The van der Waals surface area contributed by atoms with Crippen LogP contribution >= 0.6 is 23.8 Å². The van der Waals surface area contributed by atoms with Gasteiger partial charge in [-0.25, -0.2) is 14.6 Å². The topological polar surface area (TPSA) is 135 Å². The molecule has 1 unspecified atom stereocenters. The lowest BCUT2D eigenvalue weighted by Gasteiger charge is -2.32. The second-order valence-corrected chi connectivity index (χ2v) is 7.22. The fourth-order valence-corrected chi connectivity index (χ4v) is 3.05. The van der Waals surface area contributed by atoms with Gasteiger partial charge in [-0.2, -0.15) is 0 Å². The van der Waals surface area contributed by atoms with E-state index in [9.17, 15) is 0 Å². The number of hydrogen-bond donors (Lipinski definition) is 2. The van der Waals surface area contributed by atoms with Crippen molar-refractivity contribution in [3.63, 3.8) is 0 Å². The molecule has 0 bridgehead atoms. The van der Waals surface area contributed by atoms with Crippen LogP contribution in [0.1, 0.15) is 24.1 Å². The van der Waals surface area contributed by atoms with Crippen LogP contribution in [0.2, 0.25) is 5.02 Å². The molecular formula is C17H24ClN3O6S. The normalized spacial score (nSPS) is 18.3. The van der Waals surface area contributed by atoms with Crippen molar-refractivity contribution in [1.82, 2.24) is 14.8 Å². The highest BCUT2D eigenvalue weighted by molar-refractivity contribution is 7.80. The number of nitrogens with zero attached hydrogens (tertiary/aromatic N) is 3. The Bertz CT molecular complexity index is 732. The summed E-state index contributed by atoms with van der Waals surface area (Å²) in [7, 11) is 2.01. The van der Waals surface area contributed by atoms with Gasteiger partial charge in [0.05, 0.1) is 22.8 Å². The van der Waals surface area contributed by atoms with E-state index in [0.29, 0.717) is 10.9 Å². The number of likely N-dealkylation sites (N-methyl/N-ethyl adjacent to an activating group) is 1. The number of hydrogen-bond acceptors (Lipinski definition) is 6. The predicted octanol–water partition coefficient (Wildman–Crippen LogP) is 0.838. The number of carbonyl (C=O) groups is 2. The number of aromatic nitrogens is 1. The van der Waals surface area contributed by atoms with Gasteiger partial charge in [0.25, 0.3) is 0 Å². The molecule has 0 aromatic carbocycles. The zero-order valence-corrected chi connectivity index (χ0v) is 17.2. The molecule has 1 aromatic heterocycles. The third-order valence-electron chi connectivity index (χ3n) is 4.35. The predicted molar refractivity (Wildman–Crippen MR) is 107 cm³/mol. The van der Waals surface area contributed by atoms with Crippen molar-refractivity contribution >= 4 is 40.7 Å². The number of aliphatic carboxylic acids is 2. The third kappa shape index (κ3) is 6.26. The summed E-state index contributed by atoms with van der Waals surface area (Å²) in [6.07, 6.45) is 2.43. The smallest absolute Gasteiger partial charge is 0.414 e. The summed E-state index contributed by atoms with van der Waals surface area (Å²) in [6, 6.07) is 1.87. The molecule has 11 heteroatoms. The number of aryl methyl sites for hydroxylation is 1. The Kier molecular flexibility index (Phi) is 9.02. The van der Waals surface area contributed by atoms with Crippen molar-refractivity contribution in [3.8, 4) is 5.88 Å². The Morgan fingerprint density at radius 3 is 2.46 bits per heavy atom. The Morgan fingerprint density at radius 1 is 1.36 bits per heavy atom. The lowest BCUT2D eigenvalue weighted by Crippen LogP contribution is -2.41. The van der Waals surface area contributed by atoms with Crippen LogP contribution in [0.4, 0.5) is 0 Å². The number of likely N-dealkylation sites (tertiary alicyclic amines) is 1. The van der Waals surface area contributed by atoms with E-state index in [1.165, 1.54) is 19.5 Å². The number of carboxylic acid groups (broad SMARTS) is 2. The lowest BCUT2D eigenvalue weighted by atomic mass is 10.1. The zero-order valence-electron chi connectivity index (χ0n) is 15.6. The standard InChI is InChI=1S/C15H20ClN3OS.C2H2O4.H2O/c1-10-13(16)8-12-14(17-10)20-11(9-18(2)15(12)21)4-7-19-5-3-6-19;3-1(4)2(5)6;/h8,11H,3-7,9H2,1-2H3;(H,3,4)(H,5,6);1H2. The lowest BCUT2D eigenvalue weighted by molar-refractivity contribution is -0.159. The molecule has 1 saturated heterocycles. The average molecular weight is 434 g/mol. The van der Waals surface area contributed by atoms with E-state index in [0.717, 1.165) is 35.8 Å². The van der Waals surface area contributed by atoms with E-state index in [-0.39, 0.29) is 11.6 Å². The SMILES string of the molecule is Cc1nc2c(cc1Cl)C(=S)N(C)CC(CCN1CCC1)O2.O.O=C(O)C(=O)O. The maximum absolute atomic E-state index is 9.10. The van der Waals surface area contributed by atoms with E-state index in [1.54, 1.807) is 0 Å². The Labute approximate surface area is 173 Å². The molecule has 1 fully saturated rings. The van der Waals surface area contributed by atoms with Crippen LogP contribution in [0.3, 0.4) is 0 Å². The van der Waals surface area contributed by atoms with Gasteiger partial charge in [0, 0.05) is 13.6 Å². The van der Waals surface area contributed by atoms with Crippen molar-refractivity contribution in [2.24, 2.45) is 0 Å². The summed E-state index contributed by atoms with van der Waals surface area (Å²) in [6.45, 7) is 6.18. The first-order chi connectivity index (χ1) is 12.7. The van der Waals surface area contributed by atoms with Crippen molar-refractivity contribution < 1.29 is 30.0 Å². The molecule has 0 spiro atoms. The van der Waals surface area contributed by atoms with Gasteiger partial charge in [-0.05, 0) is 38.9 Å². The summed E-state index contributed by atoms with van der Waals surface area (Å²) in [4.78, 5) is 28.0. The fraction of sp³-hybridized carbons (Fsp3) is 0.529. The average Bonchev–Trinajstić information content (AvgIpc) is 2.65. The van der Waals surface area contributed by atoms with Crippen LogP contribution in [0.15, 0.2) is 6.07 Å². The van der Waals surface area contributed by atoms with Gasteiger partial charge in [0.15, 0.2) is 0 Å². The molecule has 2 aliphatic heterocycles. The van der Waals surface area contributed by atoms with Crippen molar-refractivity contribution in [2.45, 2.75) is 25.9 Å². The van der Waals surface area contributed by atoms with Crippen LogP contribution in [0.25, 0.3) is 0 Å². The summed E-state index contributed by atoms with van der Waals surface area (Å²) < 4.78 is 6.13. The molecule has 9 nitrogen and oxygen atoms in total. The first-order valence-corrected chi connectivity index (χ1v) is 9.25. The molecule has 2 aliphatic rings. The highest BCUT2D eigenvalue weighted by Gasteiger charge is 2.27. The Morgan fingerprint density at radius 2 is 1.96 bits per heavy atom. The molecule has 0 aliphatic carbocycles. The van der Waals surface area contributed by atoms with Crippen LogP contribution in [0.5, 0.6) is 5.88 Å². The summed E-state index contributed by atoms with van der Waals surface area (Å²) in [5, 5.41) is 15.4. The molecule has 156 valence electrons.